The number of hydrogen-bond acceptors (Lipinski definition) is 3. The molecule has 4 nitrogen and oxygen atoms in total. The van der Waals surface area contributed by atoms with Gasteiger partial charge in [0.1, 0.15) is 0 Å². The summed E-state index contributed by atoms with van der Waals surface area (Å²) in [5, 5.41) is 3.54. The van der Waals surface area contributed by atoms with E-state index in [9.17, 15) is 9.59 Å². The molecule has 1 aromatic carbocycles. The van der Waals surface area contributed by atoms with Crippen LogP contribution in [0.1, 0.15) is 13.3 Å². The number of aromatic amines is 1. The molecule has 0 saturated carbocycles. The van der Waals surface area contributed by atoms with Crippen LogP contribution in [0.3, 0.4) is 0 Å². The van der Waals surface area contributed by atoms with Gasteiger partial charge in [0.15, 0.2) is 0 Å². The van der Waals surface area contributed by atoms with Crippen LogP contribution in [0.5, 0.6) is 0 Å². The fourth-order valence-corrected chi connectivity index (χ4v) is 2.32. The minimum Gasteiger partial charge on any atom is -0.267 e. The molecule has 1 unspecified atom stereocenters. The molecule has 1 atom stereocenters. The van der Waals surface area contributed by atoms with Crippen molar-refractivity contribution in [1.82, 2.24) is 9.78 Å². The van der Waals surface area contributed by atoms with Crippen LogP contribution in [-0.4, -0.2) is 15.5 Å². The van der Waals surface area contributed by atoms with Gasteiger partial charge >= 0.3 is 0 Å². The maximum atomic E-state index is 12.2. The molecule has 0 saturated heterocycles. The van der Waals surface area contributed by atoms with E-state index in [-0.39, 0.29) is 17.0 Å². The Morgan fingerprint density at radius 3 is 2.56 bits per heavy atom. The molecule has 5 heteroatoms. The van der Waals surface area contributed by atoms with E-state index >= 15 is 0 Å². The van der Waals surface area contributed by atoms with Crippen molar-refractivity contribution < 1.29 is 0 Å². The molecule has 1 N–H and O–H groups in total. The fraction of sp³-hybridized carbons (Fsp3) is 0.385. The minimum absolute atomic E-state index is 0.148. The normalized spacial score (nSPS) is 12.8. The molecular weight excluding hydrogens is 248 g/mol. The first-order valence-electron chi connectivity index (χ1n) is 6.00. The van der Waals surface area contributed by atoms with E-state index in [0.717, 1.165) is 6.42 Å². The highest BCUT2D eigenvalue weighted by Crippen LogP contribution is 2.07. The van der Waals surface area contributed by atoms with Gasteiger partial charge in [-0.2, -0.15) is 12.6 Å². The van der Waals surface area contributed by atoms with E-state index < -0.39 is 0 Å². The fourth-order valence-electron chi connectivity index (χ4n) is 1.95. The maximum Gasteiger partial charge on any atom is 0.273 e. The molecule has 2 aromatic rings. The standard InChI is InChI=1S/C13H16N2O2S/c1-2-9(8-18)7-15-13(17)11-6-4-3-5-10(11)12(16)14-15/h3-6,9,18H,2,7-8H2,1H3,(H,14,16). The second-order valence-electron chi connectivity index (χ2n) is 4.36. The highest BCUT2D eigenvalue weighted by molar-refractivity contribution is 7.80. The predicted octanol–water partition coefficient (Wildman–Crippen LogP) is 1.65. The van der Waals surface area contributed by atoms with Gasteiger partial charge in [0.25, 0.3) is 11.1 Å². The lowest BCUT2D eigenvalue weighted by Crippen LogP contribution is -2.32. The van der Waals surface area contributed by atoms with Crippen LogP contribution in [0.4, 0.5) is 0 Å². The summed E-state index contributed by atoms with van der Waals surface area (Å²) in [6, 6.07) is 6.87. The van der Waals surface area contributed by atoms with Gasteiger partial charge in [-0.05, 0) is 23.8 Å². The molecule has 0 aliphatic carbocycles. The highest BCUT2D eigenvalue weighted by atomic mass is 32.1. The molecule has 0 radical (unpaired) electrons. The molecule has 0 aliphatic heterocycles. The van der Waals surface area contributed by atoms with Crippen molar-refractivity contribution in [3.8, 4) is 0 Å². The summed E-state index contributed by atoms with van der Waals surface area (Å²) in [6.45, 7) is 2.55. The summed E-state index contributed by atoms with van der Waals surface area (Å²) in [5.74, 6) is 0.973. The van der Waals surface area contributed by atoms with Gasteiger partial charge < -0.3 is 0 Å². The zero-order chi connectivity index (χ0) is 13.1. The van der Waals surface area contributed by atoms with Crippen LogP contribution in [0, 0.1) is 5.92 Å². The Morgan fingerprint density at radius 1 is 1.28 bits per heavy atom. The van der Waals surface area contributed by atoms with E-state index in [4.69, 9.17) is 0 Å². The first kappa shape index (κ1) is 13.0. The van der Waals surface area contributed by atoms with Crippen LogP contribution < -0.4 is 11.1 Å². The summed E-state index contributed by atoms with van der Waals surface area (Å²) in [6.07, 6.45) is 0.921. The van der Waals surface area contributed by atoms with Crippen LogP contribution in [-0.2, 0) is 6.54 Å². The van der Waals surface area contributed by atoms with Crippen LogP contribution in [0.2, 0.25) is 0 Å². The molecule has 1 heterocycles. The zero-order valence-corrected chi connectivity index (χ0v) is 11.1. The van der Waals surface area contributed by atoms with Crippen molar-refractivity contribution in [3.63, 3.8) is 0 Å². The average Bonchev–Trinajstić information content (AvgIpc) is 2.41. The molecule has 0 amide bonds. The third-order valence-corrected chi connectivity index (χ3v) is 3.68. The molecule has 1 aromatic heterocycles. The summed E-state index contributed by atoms with van der Waals surface area (Å²) < 4.78 is 1.40. The van der Waals surface area contributed by atoms with E-state index in [1.807, 2.05) is 6.92 Å². The third-order valence-electron chi connectivity index (χ3n) is 3.16. The minimum atomic E-state index is -0.223. The molecule has 96 valence electrons. The van der Waals surface area contributed by atoms with Crippen LogP contribution in [0.25, 0.3) is 10.8 Å². The molecule has 0 bridgehead atoms. The van der Waals surface area contributed by atoms with E-state index in [2.05, 4.69) is 17.7 Å². The van der Waals surface area contributed by atoms with Crippen LogP contribution >= 0.6 is 12.6 Å². The Balaban J connectivity index is 2.57. The number of benzene rings is 1. The van der Waals surface area contributed by atoms with Gasteiger partial charge in [-0.15, -0.1) is 0 Å². The van der Waals surface area contributed by atoms with Gasteiger partial charge in [0, 0.05) is 6.54 Å². The Bertz CT molecular complexity index is 656. The van der Waals surface area contributed by atoms with Crippen LogP contribution in [0.15, 0.2) is 33.9 Å². The smallest absolute Gasteiger partial charge is 0.267 e. The topological polar surface area (TPSA) is 54.9 Å². The van der Waals surface area contributed by atoms with E-state index in [0.29, 0.717) is 23.1 Å². The quantitative estimate of drug-likeness (QED) is 0.825. The lowest BCUT2D eigenvalue weighted by molar-refractivity contribution is 0.430. The number of H-pyrrole nitrogens is 1. The number of rotatable bonds is 4. The maximum absolute atomic E-state index is 12.2. The lowest BCUT2D eigenvalue weighted by atomic mass is 10.1. The largest absolute Gasteiger partial charge is 0.273 e. The van der Waals surface area contributed by atoms with Gasteiger partial charge in [-0.1, -0.05) is 25.5 Å². The number of nitrogens with one attached hydrogen (secondary N) is 1. The van der Waals surface area contributed by atoms with E-state index in [1.54, 1.807) is 24.3 Å². The van der Waals surface area contributed by atoms with Gasteiger partial charge in [-0.3, -0.25) is 14.7 Å². The Morgan fingerprint density at radius 2 is 1.94 bits per heavy atom. The Kier molecular flexibility index (Phi) is 3.91. The highest BCUT2D eigenvalue weighted by Gasteiger charge is 2.10. The SMILES string of the molecule is CCC(CS)Cn1[nH]c(=O)c2ccccc2c1=O. The predicted molar refractivity (Wildman–Crippen MR) is 76.5 cm³/mol. The summed E-state index contributed by atoms with van der Waals surface area (Å²) >= 11 is 4.25. The number of hydrogen-bond donors (Lipinski definition) is 2. The van der Waals surface area contributed by atoms with Crippen molar-refractivity contribution in [1.29, 1.82) is 0 Å². The van der Waals surface area contributed by atoms with E-state index in [1.165, 1.54) is 4.68 Å². The molecule has 0 fully saturated rings. The Labute approximate surface area is 110 Å². The summed E-state index contributed by atoms with van der Waals surface area (Å²) in [4.78, 5) is 24.1. The van der Waals surface area contributed by atoms with Crippen molar-refractivity contribution in [2.45, 2.75) is 19.9 Å². The zero-order valence-electron chi connectivity index (χ0n) is 10.2. The van der Waals surface area contributed by atoms with Crippen molar-refractivity contribution in [3.05, 3.63) is 45.0 Å². The monoisotopic (exact) mass is 264 g/mol. The summed E-state index contributed by atoms with van der Waals surface area (Å²) in [7, 11) is 0. The number of thiol groups is 1. The first-order valence-corrected chi connectivity index (χ1v) is 6.63. The number of fused-ring (bicyclic) bond motifs is 1. The Hall–Kier alpha value is -1.49. The number of aromatic nitrogens is 2. The van der Waals surface area contributed by atoms with Crippen molar-refractivity contribution in [2.75, 3.05) is 5.75 Å². The molecule has 18 heavy (non-hydrogen) atoms. The van der Waals surface area contributed by atoms with Gasteiger partial charge in [-0.25, -0.2) is 4.68 Å². The van der Waals surface area contributed by atoms with Crippen molar-refractivity contribution >= 4 is 23.4 Å². The third kappa shape index (κ3) is 2.36. The van der Waals surface area contributed by atoms with Crippen molar-refractivity contribution in [2.24, 2.45) is 5.92 Å². The molecule has 2 rings (SSSR count). The molecule has 0 aliphatic rings. The lowest BCUT2D eigenvalue weighted by Gasteiger charge is -2.13. The molecule has 0 spiro atoms. The number of nitrogens with zero attached hydrogens (tertiary/aromatic N) is 1. The molecular formula is C13H16N2O2S. The van der Waals surface area contributed by atoms with Gasteiger partial charge in [0.05, 0.1) is 10.8 Å². The first-order chi connectivity index (χ1) is 8.67. The average molecular weight is 264 g/mol. The van der Waals surface area contributed by atoms with Gasteiger partial charge in [0.2, 0.25) is 0 Å². The second-order valence-corrected chi connectivity index (χ2v) is 4.72. The summed E-state index contributed by atoms with van der Waals surface area (Å²) in [5.41, 5.74) is -0.371. The second kappa shape index (κ2) is 5.44.